The molecule has 0 saturated carbocycles. The van der Waals surface area contributed by atoms with Gasteiger partial charge < -0.3 is 9.47 Å². The number of unbranched alkanes of at least 4 members (excludes halogenated alkanes) is 1. The van der Waals surface area contributed by atoms with Gasteiger partial charge in [-0.2, -0.15) is 0 Å². The molecule has 1 atom stereocenters. The molecule has 0 amide bonds. The highest BCUT2D eigenvalue weighted by Crippen LogP contribution is 2.09. The maximum atomic E-state index is 11.4. The zero-order valence-electron chi connectivity index (χ0n) is 10.0. The summed E-state index contributed by atoms with van der Waals surface area (Å²) < 4.78 is 9.61. The highest BCUT2D eigenvalue weighted by atomic mass is 16.6. The average Bonchev–Trinajstić information content (AvgIpc) is 2.30. The minimum atomic E-state index is -0.505. The average molecular weight is 228 g/mol. The molecule has 0 radical (unpaired) electrons. The Morgan fingerprint density at radius 3 is 2.50 bits per heavy atom. The molecule has 4 nitrogen and oxygen atoms in total. The lowest BCUT2D eigenvalue weighted by Crippen LogP contribution is -2.18. The van der Waals surface area contributed by atoms with Gasteiger partial charge in [-0.05, 0) is 6.42 Å². The fourth-order valence-corrected chi connectivity index (χ4v) is 1.11. The summed E-state index contributed by atoms with van der Waals surface area (Å²) in [6, 6.07) is 0. The lowest BCUT2D eigenvalue weighted by molar-refractivity contribution is -0.153. The predicted molar refractivity (Wildman–Crippen MR) is 60.8 cm³/mol. The van der Waals surface area contributed by atoms with Gasteiger partial charge in [0.2, 0.25) is 0 Å². The molecule has 0 saturated heterocycles. The van der Waals surface area contributed by atoms with Crippen LogP contribution in [0, 0.1) is 5.92 Å². The zero-order chi connectivity index (χ0) is 12.4. The van der Waals surface area contributed by atoms with Gasteiger partial charge in [0, 0.05) is 6.08 Å². The van der Waals surface area contributed by atoms with E-state index in [4.69, 9.17) is 4.74 Å². The van der Waals surface area contributed by atoms with Gasteiger partial charge in [-0.15, -0.1) is 0 Å². The Hall–Kier alpha value is -1.32. The number of ether oxygens (including phenoxy) is 2. The molecule has 0 aromatic carbocycles. The van der Waals surface area contributed by atoms with Gasteiger partial charge >= 0.3 is 11.9 Å². The molecule has 0 bridgehead atoms. The van der Waals surface area contributed by atoms with Crippen molar-refractivity contribution in [2.75, 3.05) is 13.2 Å². The molecule has 0 rings (SSSR count). The monoisotopic (exact) mass is 228 g/mol. The minimum absolute atomic E-state index is 0.0804. The van der Waals surface area contributed by atoms with Crippen LogP contribution in [0.25, 0.3) is 0 Å². The van der Waals surface area contributed by atoms with Gasteiger partial charge in [0.05, 0.1) is 5.92 Å². The number of carbonyl (C=O) groups excluding carboxylic acids is 2. The maximum absolute atomic E-state index is 11.4. The zero-order valence-corrected chi connectivity index (χ0v) is 10.0. The van der Waals surface area contributed by atoms with Crippen LogP contribution >= 0.6 is 0 Å². The van der Waals surface area contributed by atoms with E-state index in [0.717, 1.165) is 25.3 Å². The van der Waals surface area contributed by atoms with Crippen molar-refractivity contribution in [1.82, 2.24) is 0 Å². The minimum Gasteiger partial charge on any atom is -0.462 e. The predicted octanol–water partition coefficient (Wildman–Crippen LogP) is 2.09. The van der Waals surface area contributed by atoms with Crippen LogP contribution in [0.4, 0.5) is 0 Å². The first-order chi connectivity index (χ1) is 7.61. The third kappa shape index (κ3) is 7.04. The van der Waals surface area contributed by atoms with E-state index in [-0.39, 0.29) is 25.1 Å². The Bertz CT molecular complexity index is 235. The summed E-state index contributed by atoms with van der Waals surface area (Å²) in [6.07, 6.45) is 3.99. The van der Waals surface area contributed by atoms with Gasteiger partial charge in [0.1, 0.15) is 13.2 Å². The van der Waals surface area contributed by atoms with Gasteiger partial charge in [-0.3, -0.25) is 4.79 Å². The maximum Gasteiger partial charge on any atom is 0.330 e. The molecule has 0 spiro atoms. The molecule has 0 aromatic rings. The molecule has 4 heteroatoms. The summed E-state index contributed by atoms with van der Waals surface area (Å²) in [7, 11) is 0. The molecule has 0 heterocycles. The molecule has 0 N–H and O–H groups in total. The van der Waals surface area contributed by atoms with Crippen LogP contribution in [0.3, 0.4) is 0 Å². The van der Waals surface area contributed by atoms with E-state index >= 15 is 0 Å². The second-order valence-corrected chi connectivity index (χ2v) is 3.58. The van der Waals surface area contributed by atoms with Crippen LogP contribution in [0.2, 0.25) is 0 Å². The molecule has 92 valence electrons. The highest BCUT2D eigenvalue weighted by Gasteiger charge is 2.13. The summed E-state index contributed by atoms with van der Waals surface area (Å²) >= 11 is 0. The number of esters is 2. The van der Waals surface area contributed by atoms with Crippen molar-refractivity contribution in [1.29, 1.82) is 0 Å². The molecule has 0 aliphatic heterocycles. The number of hydrogen-bond acceptors (Lipinski definition) is 4. The standard InChI is InChI=1S/C12H20O4/c1-4-6-7-10(3)12(14)16-9-8-15-11(13)5-2/h5,10H,2,4,6-9H2,1,3H3. The van der Waals surface area contributed by atoms with Crippen LogP contribution in [-0.2, 0) is 19.1 Å². The topological polar surface area (TPSA) is 52.6 Å². The SMILES string of the molecule is C=CC(=O)OCCOC(=O)C(C)CCCC. The van der Waals surface area contributed by atoms with Crippen molar-refractivity contribution in [3.05, 3.63) is 12.7 Å². The largest absolute Gasteiger partial charge is 0.462 e. The molecule has 16 heavy (non-hydrogen) atoms. The van der Waals surface area contributed by atoms with Crippen LogP contribution < -0.4 is 0 Å². The quantitative estimate of drug-likeness (QED) is 0.362. The Balaban J connectivity index is 3.56. The van der Waals surface area contributed by atoms with E-state index in [9.17, 15) is 9.59 Å². The Kier molecular flexibility index (Phi) is 8.21. The second kappa shape index (κ2) is 8.95. The fraction of sp³-hybridized carbons (Fsp3) is 0.667. The van der Waals surface area contributed by atoms with Gasteiger partial charge in [-0.1, -0.05) is 33.3 Å². The first-order valence-corrected chi connectivity index (χ1v) is 5.57. The van der Waals surface area contributed by atoms with Crippen molar-refractivity contribution >= 4 is 11.9 Å². The third-order valence-corrected chi connectivity index (χ3v) is 2.13. The van der Waals surface area contributed by atoms with E-state index < -0.39 is 5.97 Å². The van der Waals surface area contributed by atoms with Crippen molar-refractivity contribution in [3.63, 3.8) is 0 Å². The van der Waals surface area contributed by atoms with E-state index in [2.05, 4.69) is 18.2 Å². The number of rotatable bonds is 8. The first-order valence-electron chi connectivity index (χ1n) is 5.57. The van der Waals surface area contributed by atoms with Crippen LogP contribution in [0.15, 0.2) is 12.7 Å². The van der Waals surface area contributed by atoms with Crippen LogP contribution in [-0.4, -0.2) is 25.2 Å². The van der Waals surface area contributed by atoms with E-state index in [1.807, 2.05) is 6.92 Å². The lowest BCUT2D eigenvalue weighted by atomic mass is 10.1. The summed E-state index contributed by atoms with van der Waals surface area (Å²) in [5.74, 6) is -0.826. The Labute approximate surface area is 96.6 Å². The van der Waals surface area contributed by atoms with Crippen LogP contribution in [0.1, 0.15) is 33.1 Å². The van der Waals surface area contributed by atoms with E-state index in [0.29, 0.717) is 0 Å². The molecular weight excluding hydrogens is 208 g/mol. The highest BCUT2D eigenvalue weighted by molar-refractivity contribution is 5.81. The summed E-state index contributed by atoms with van der Waals surface area (Å²) in [5, 5.41) is 0. The van der Waals surface area contributed by atoms with E-state index in [1.54, 1.807) is 0 Å². The molecule has 0 aliphatic rings. The molecular formula is C12H20O4. The van der Waals surface area contributed by atoms with Crippen molar-refractivity contribution in [2.24, 2.45) is 5.92 Å². The Morgan fingerprint density at radius 2 is 1.94 bits per heavy atom. The fourth-order valence-electron chi connectivity index (χ4n) is 1.11. The smallest absolute Gasteiger partial charge is 0.330 e. The first kappa shape index (κ1) is 14.7. The normalized spacial score (nSPS) is 11.6. The van der Waals surface area contributed by atoms with Gasteiger partial charge in [-0.25, -0.2) is 4.79 Å². The molecule has 0 fully saturated rings. The third-order valence-electron chi connectivity index (χ3n) is 2.13. The van der Waals surface area contributed by atoms with Crippen molar-refractivity contribution in [2.45, 2.75) is 33.1 Å². The molecule has 0 aromatic heterocycles. The van der Waals surface area contributed by atoms with Crippen molar-refractivity contribution in [3.8, 4) is 0 Å². The van der Waals surface area contributed by atoms with Crippen LogP contribution in [0.5, 0.6) is 0 Å². The van der Waals surface area contributed by atoms with Gasteiger partial charge in [0.15, 0.2) is 0 Å². The summed E-state index contributed by atoms with van der Waals surface area (Å²) in [5.41, 5.74) is 0. The summed E-state index contributed by atoms with van der Waals surface area (Å²) in [6.45, 7) is 7.36. The van der Waals surface area contributed by atoms with E-state index in [1.165, 1.54) is 0 Å². The lowest BCUT2D eigenvalue weighted by Gasteiger charge is -2.10. The van der Waals surface area contributed by atoms with Crippen molar-refractivity contribution < 1.29 is 19.1 Å². The molecule has 0 aliphatic carbocycles. The Morgan fingerprint density at radius 1 is 1.31 bits per heavy atom. The molecule has 1 unspecified atom stereocenters. The summed E-state index contributed by atoms with van der Waals surface area (Å²) in [4.78, 5) is 22.0. The number of hydrogen-bond donors (Lipinski definition) is 0. The van der Waals surface area contributed by atoms with Gasteiger partial charge in [0.25, 0.3) is 0 Å². The second-order valence-electron chi connectivity index (χ2n) is 3.58. The number of carbonyl (C=O) groups is 2.